The molecule has 0 unspecified atom stereocenters. The van der Waals surface area contributed by atoms with Crippen LogP contribution in [-0.4, -0.2) is 72.8 Å². The van der Waals surface area contributed by atoms with E-state index < -0.39 is 31.1 Å². The van der Waals surface area contributed by atoms with Gasteiger partial charge < -0.3 is 30.7 Å². The van der Waals surface area contributed by atoms with E-state index in [9.17, 15) is 15.3 Å². The lowest BCUT2D eigenvalue weighted by atomic mass is 10.1. The van der Waals surface area contributed by atoms with Crippen LogP contribution in [0, 0.1) is 0 Å². The highest BCUT2D eigenvalue weighted by atomic mass is 16.6. The number of anilines is 2. The van der Waals surface area contributed by atoms with Gasteiger partial charge in [-0.2, -0.15) is 9.97 Å². The zero-order valence-electron chi connectivity index (χ0n) is 12.3. The van der Waals surface area contributed by atoms with Gasteiger partial charge in [-0.15, -0.1) is 0 Å². The molecule has 5 N–H and O–H groups in total. The maximum Gasteiger partial charge on any atom is 0.224 e. The lowest BCUT2D eigenvalue weighted by Gasteiger charge is -2.32. The summed E-state index contributed by atoms with van der Waals surface area (Å²) < 4.78 is 7.04. The summed E-state index contributed by atoms with van der Waals surface area (Å²) in [5.41, 5.74) is 6.79. The van der Waals surface area contributed by atoms with Gasteiger partial charge in [-0.25, -0.2) is 4.98 Å². The van der Waals surface area contributed by atoms with Gasteiger partial charge in [0, 0.05) is 13.1 Å². The van der Waals surface area contributed by atoms with E-state index in [1.807, 2.05) is 0 Å². The van der Waals surface area contributed by atoms with Crippen LogP contribution < -0.4 is 10.6 Å². The fraction of sp³-hybridized carbons (Fsp3) is 0.615. The number of hydrogen-bond donors (Lipinski definition) is 4. The largest absolute Gasteiger partial charge is 0.394 e. The maximum absolute atomic E-state index is 10.2. The van der Waals surface area contributed by atoms with Crippen molar-refractivity contribution < 1.29 is 20.1 Å². The van der Waals surface area contributed by atoms with Gasteiger partial charge in [0.1, 0.15) is 18.3 Å². The normalized spacial score (nSPS) is 30.8. The summed E-state index contributed by atoms with van der Waals surface area (Å²) in [4.78, 5) is 14.8. The van der Waals surface area contributed by atoms with Crippen LogP contribution >= 0.6 is 0 Å². The van der Waals surface area contributed by atoms with Crippen LogP contribution in [0.4, 0.5) is 11.8 Å². The number of nitrogens with two attached hydrogens (primary N) is 1. The summed E-state index contributed by atoms with van der Waals surface area (Å²) >= 11 is 0. The van der Waals surface area contributed by atoms with Gasteiger partial charge in [0.25, 0.3) is 0 Å². The Bertz CT molecular complexity index is 733. The fourth-order valence-corrected chi connectivity index (χ4v) is 2.96. The third-order valence-electron chi connectivity index (χ3n) is 4.37. The third-order valence-corrected chi connectivity index (χ3v) is 4.37. The molecule has 0 bridgehead atoms. The van der Waals surface area contributed by atoms with Gasteiger partial charge in [-0.05, 0) is 6.42 Å². The summed E-state index contributed by atoms with van der Waals surface area (Å²) in [6, 6.07) is 0. The van der Waals surface area contributed by atoms with E-state index in [0.717, 1.165) is 19.5 Å². The lowest BCUT2D eigenvalue weighted by Crippen LogP contribution is -2.38. The number of aromatic nitrogens is 4. The van der Waals surface area contributed by atoms with Crippen molar-refractivity contribution in [2.45, 2.75) is 31.0 Å². The van der Waals surface area contributed by atoms with Gasteiger partial charge in [-0.1, -0.05) is 0 Å². The van der Waals surface area contributed by atoms with Crippen molar-refractivity contribution in [2.75, 3.05) is 30.3 Å². The molecule has 4 rings (SSSR count). The van der Waals surface area contributed by atoms with E-state index in [-0.39, 0.29) is 5.95 Å². The Morgan fingerprint density at radius 2 is 2.04 bits per heavy atom. The van der Waals surface area contributed by atoms with Crippen molar-refractivity contribution in [2.24, 2.45) is 0 Å². The fourth-order valence-electron chi connectivity index (χ4n) is 2.96. The molecule has 2 aliphatic rings. The van der Waals surface area contributed by atoms with Crippen LogP contribution in [-0.2, 0) is 4.74 Å². The molecule has 2 aromatic heterocycles. The Morgan fingerprint density at radius 3 is 2.65 bits per heavy atom. The first-order valence-corrected chi connectivity index (χ1v) is 7.47. The predicted octanol–water partition coefficient (Wildman–Crippen LogP) is -1.77. The SMILES string of the molecule is Nc1nc(N2CCC2)c2ncn([C@@H]3O[C@H](CO)[C@@H](O)[C@H]3O)c2n1. The van der Waals surface area contributed by atoms with Crippen LogP contribution in [0.5, 0.6) is 0 Å². The maximum atomic E-state index is 10.2. The van der Waals surface area contributed by atoms with Crippen LogP contribution in [0.3, 0.4) is 0 Å². The second-order valence-corrected chi connectivity index (χ2v) is 5.80. The zero-order chi connectivity index (χ0) is 16.1. The molecule has 2 aliphatic heterocycles. The molecule has 2 saturated heterocycles. The van der Waals surface area contributed by atoms with E-state index in [2.05, 4.69) is 19.9 Å². The molecule has 0 spiro atoms. The highest BCUT2D eigenvalue weighted by Gasteiger charge is 2.44. The van der Waals surface area contributed by atoms with Crippen LogP contribution in [0.15, 0.2) is 6.33 Å². The number of nitrogen functional groups attached to an aromatic ring is 1. The lowest BCUT2D eigenvalue weighted by molar-refractivity contribution is -0.0511. The van der Waals surface area contributed by atoms with Crippen molar-refractivity contribution in [1.29, 1.82) is 0 Å². The minimum absolute atomic E-state index is 0.105. The molecule has 2 aromatic rings. The van der Waals surface area contributed by atoms with Crippen molar-refractivity contribution in [3.8, 4) is 0 Å². The van der Waals surface area contributed by atoms with Gasteiger partial charge in [0.2, 0.25) is 5.95 Å². The van der Waals surface area contributed by atoms with E-state index >= 15 is 0 Å². The van der Waals surface area contributed by atoms with Gasteiger partial charge in [0.05, 0.1) is 12.9 Å². The standard InChI is InChI=1S/C13H18N6O4/c14-13-16-10(18-2-1-3-18)7-11(17-13)19(5-15-7)12-9(22)8(21)6(4-20)23-12/h5-6,8-9,12,20-22H,1-4H2,(H2,14,16,17)/t6-,8-,9-,12-/m1/s1. The number of hydrogen-bond acceptors (Lipinski definition) is 9. The second kappa shape index (κ2) is 5.27. The topological polar surface area (TPSA) is 143 Å². The van der Waals surface area contributed by atoms with E-state index in [0.29, 0.717) is 17.0 Å². The molecule has 23 heavy (non-hydrogen) atoms. The molecule has 0 radical (unpaired) electrons. The molecule has 10 nitrogen and oxygen atoms in total. The summed E-state index contributed by atoms with van der Waals surface area (Å²) in [7, 11) is 0. The number of aliphatic hydroxyl groups excluding tert-OH is 3. The van der Waals surface area contributed by atoms with Gasteiger partial charge in [-0.3, -0.25) is 4.57 Å². The molecule has 0 amide bonds. The number of rotatable bonds is 3. The first-order valence-electron chi connectivity index (χ1n) is 7.47. The molecule has 0 saturated carbocycles. The number of nitrogens with zero attached hydrogens (tertiary/aromatic N) is 5. The van der Waals surface area contributed by atoms with Gasteiger partial charge >= 0.3 is 0 Å². The Labute approximate surface area is 131 Å². The predicted molar refractivity (Wildman–Crippen MR) is 79.6 cm³/mol. The molecular weight excluding hydrogens is 304 g/mol. The second-order valence-electron chi connectivity index (χ2n) is 5.80. The quantitative estimate of drug-likeness (QED) is 0.516. The Balaban J connectivity index is 1.78. The number of ether oxygens (including phenoxy) is 1. The molecule has 2 fully saturated rings. The van der Waals surface area contributed by atoms with Crippen LogP contribution in [0.2, 0.25) is 0 Å². The molecule has 10 heteroatoms. The highest BCUT2D eigenvalue weighted by Crippen LogP contribution is 2.33. The summed E-state index contributed by atoms with van der Waals surface area (Å²) in [5.74, 6) is 0.761. The van der Waals surface area contributed by atoms with Crippen molar-refractivity contribution in [3.63, 3.8) is 0 Å². The average Bonchev–Trinajstić information content (AvgIpc) is 3.00. The van der Waals surface area contributed by atoms with E-state index in [1.54, 1.807) is 0 Å². The summed E-state index contributed by atoms with van der Waals surface area (Å²) in [6.07, 6.45) is -1.58. The molecule has 4 atom stereocenters. The Hall–Kier alpha value is -2.01. The van der Waals surface area contributed by atoms with Crippen molar-refractivity contribution >= 4 is 22.9 Å². The zero-order valence-corrected chi connectivity index (χ0v) is 12.3. The first kappa shape index (κ1) is 14.6. The summed E-state index contributed by atoms with van der Waals surface area (Å²) in [6.45, 7) is 1.37. The minimum Gasteiger partial charge on any atom is -0.394 e. The molecular formula is C13H18N6O4. The number of imidazole rings is 1. The minimum atomic E-state index is -1.20. The molecule has 0 aliphatic carbocycles. The Kier molecular flexibility index (Phi) is 3.34. The average molecular weight is 322 g/mol. The molecule has 124 valence electrons. The number of fused-ring (bicyclic) bond motifs is 1. The summed E-state index contributed by atoms with van der Waals surface area (Å²) in [5, 5.41) is 29.3. The van der Waals surface area contributed by atoms with E-state index in [1.165, 1.54) is 10.9 Å². The molecule has 4 heterocycles. The smallest absolute Gasteiger partial charge is 0.224 e. The number of aliphatic hydroxyl groups is 3. The van der Waals surface area contributed by atoms with Crippen molar-refractivity contribution in [1.82, 2.24) is 19.5 Å². The monoisotopic (exact) mass is 322 g/mol. The third kappa shape index (κ3) is 2.14. The Morgan fingerprint density at radius 1 is 1.26 bits per heavy atom. The van der Waals surface area contributed by atoms with Crippen LogP contribution in [0.25, 0.3) is 11.2 Å². The van der Waals surface area contributed by atoms with E-state index in [4.69, 9.17) is 10.5 Å². The molecule has 0 aromatic carbocycles. The highest BCUT2D eigenvalue weighted by molar-refractivity contribution is 5.85. The van der Waals surface area contributed by atoms with Gasteiger partial charge in [0.15, 0.2) is 23.2 Å². The van der Waals surface area contributed by atoms with Crippen molar-refractivity contribution in [3.05, 3.63) is 6.33 Å². The van der Waals surface area contributed by atoms with Crippen LogP contribution in [0.1, 0.15) is 12.6 Å². The first-order chi connectivity index (χ1) is 11.1.